The number of hydrogen-bond donors (Lipinski definition) is 3. The molecule has 3 aromatic rings. The predicted molar refractivity (Wildman–Crippen MR) is 78.2 cm³/mol. The molecule has 0 unspecified atom stereocenters. The standard InChI is InChI=1S/C13H10O3.C3H4N2/c14-10-6-7-11(12(15)8-10)13(16)9-4-2-1-3-5-9;1-2-5-3-4-1/h1-8,14-15H;1-3H,(H,4,5). The first-order valence-corrected chi connectivity index (χ1v) is 6.23. The van der Waals surface area contributed by atoms with Crippen molar-refractivity contribution in [3.05, 3.63) is 78.4 Å². The van der Waals surface area contributed by atoms with E-state index in [1.807, 2.05) is 6.07 Å². The number of nitrogens with one attached hydrogen (secondary N) is 1. The first kappa shape index (κ1) is 14.3. The van der Waals surface area contributed by atoms with E-state index >= 15 is 0 Å². The van der Waals surface area contributed by atoms with E-state index in [4.69, 9.17) is 5.11 Å². The summed E-state index contributed by atoms with van der Waals surface area (Å²) in [6.45, 7) is 0. The number of ketones is 1. The molecule has 3 rings (SSSR count). The molecule has 0 saturated heterocycles. The molecule has 1 aromatic heterocycles. The van der Waals surface area contributed by atoms with Crippen LogP contribution in [-0.4, -0.2) is 26.0 Å². The summed E-state index contributed by atoms with van der Waals surface area (Å²) in [5.41, 5.74) is 0.687. The van der Waals surface area contributed by atoms with Crippen LogP contribution in [0.15, 0.2) is 67.3 Å². The van der Waals surface area contributed by atoms with Crippen LogP contribution in [0.2, 0.25) is 0 Å². The molecule has 21 heavy (non-hydrogen) atoms. The Labute approximate surface area is 121 Å². The Morgan fingerprint density at radius 2 is 1.81 bits per heavy atom. The molecule has 0 fully saturated rings. The highest BCUT2D eigenvalue weighted by molar-refractivity contribution is 6.10. The molecular weight excluding hydrogens is 268 g/mol. The number of aromatic amines is 1. The first-order valence-electron chi connectivity index (χ1n) is 6.23. The highest BCUT2D eigenvalue weighted by Crippen LogP contribution is 2.24. The van der Waals surface area contributed by atoms with Crippen LogP contribution in [-0.2, 0) is 0 Å². The average Bonchev–Trinajstić information content (AvgIpc) is 3.07. The summed E-state index contributed by atoms with van der Waals surface area (Å²) in [5, 5.41) is 18.7. The van der Waals surface area contributed by atoms with Gasteiger partial charge in [0, 0.05) is 24.0 Å². The zero-order chi connectivity index (χ0) is 15.1. The minimum atomic E-state index is -0.266. The smallest absolute Gasteiger partial charge is 0.196 e. The van der Waals surface area contributed by atoms with Crippen molar-refractivity contribution in [2.45, 2.75) is 0 Å². The van der Waals surface area contributed by atoms with Crippen molar-refractivity contribution in [3.63, 3.8) is 0 Å². The fourth-order valence-electron chi connectivity index (χ4n) is 1.67. The molecule has 0 bridgehead atoms. The topological polar surface area (TPSA) is 86.2 Å². The van der Waals surface area contributed by atoms with E-state index in [9.17, 15) is 9.90 Å². The zero-order valence-electron chi connectivity index (χ0n) is 11.1. The number of phenolic OH excluding ortho intramolecular Hbond substituents is 2. The minimum absolute atomic E-state index is 0.0675. The molecule has 0 aliphatic rings. The molecule has 0 atom stereocenters. The van der Waals surface area contributed by atoms with Gasteiger partial charge in [0.25, 0.3) is 0 Å². The number of hydrogen-bond acceptors (Lipinski definition) is 4. The third-order valence-corrected chi connectivity index (χ3v) is 2.67. The summed E-state index contributed by atoms with van der Waals surface area (Å²) >= 11 is 0. The van der Waals surface area contributed by atoms with Crippen molar-refractivity contribution in [1.29, 1.82) is 0 Å². The number of rotatable bonds is 2. The van der Waals surface area contributed by atoms with E-state index in [0.717, 1.165) is 6.07 Å². The molecule has 0 aliphatic carbocycles. The van der Waals surface area contributed by atoms with Crippen molar-refractivity contribution in [3.8, 4) is 11.5 Å². The summed E-state index contributed by atoms with van der Waals surface area (Å²) in [6.07, 6.45) is 5.08. The van der Waals surface area contributed by atoms with Crippen molar-refractivity contribution in [2.24, 2.45) is 0 Å². The fraction of sp³-hybridized carbons (Fsp3) is 0. The highest BCUT2D eigenvalue weighted by atomic mass is 16.3. The lowest BCUT2D eigenvalue weighted by Crippen LogP contribution is -2.00. The van der Waals surface area contributed by atoms with Gasteiger partial charge in [-0.25, -0.2) is 4.98 Å². The lowest BCUT2D eigenvalue weighted by atomic mass is 10.0. The summed E-state index contributed by atoms with van der Waals surface area (Å²) in [4.78, 5) is 18.4. The summed E-state index contributed by atoms with van der Waals surface area (Å²) in [7, 11) is 0. The zero-order valence-corrected chi connectivity index (χ0v) is 11.1. The Bertz CT molecular complexity index is 678. The van der Waals surface area contributed by atoms with E-state index in [2.05, 4.69) is 9.97 Å². The van der Waals surface area contributed by atoms with Gasteiger partial charge in [-0.15, -0.1) is 0 Å². The largest absolute Gasteiger partial charge is 0.508 e. The average molecular weight is 282 g/mol. The Morgan fingerprint density at radius 3 is 2.33 bits per heavy atom. The Morgan fingerprint density at radius 1 is 1.05 bits per heavy atom. The van der Waals surface area contributed by atoms with Crippen molar-refractivity contribution < 1.29 is 15.0 Å². The van der Waals surface area contributed by atoms with E-state index in [-0.39, 0.29) is 22.8 Å². The molecule has 106 valence electrons. The maximum Gasteiger partial charge on any atom is 0.196 e. The van der Waals surface area contributed by atoms with Gasteiger partial charge in [0.1, 0.15) is 11.5 Å². The summed E-state index contributed by atoms with van der Waals surface area (Å²) < 4.78 is 0. The molecule has 0 aliphatic heterocycles. The van der Waals surface area contributed by atoms with E-state index in [0.29, 0.717) is 5.56 Å². The molecule has 5 nitrogen and oxygen atoms in total. The normalized spacial score (nSPS) is 9.52. The van der Waals surface area contributed by atoms with Gasteiger partial charge in [-0.1, -0.05) is 30.3 Å². The number of carbonyl (C=O) groups is 1. The van der Waals surface area contributed by atoms with Crippen LogP contribution in [0.3, 0.4) is 0 Å². The van der Waals surface area contributed by atoms with Crippen LogP contribution in [0.25, 0.3) is 0 Å². The van der Waals surface area contributed by atoms with Crippen LogP contribution in [0, 0.1) is 0 Å². The number of benzene rings is 2. The van der Waals surface area contributed by atoms with Gasteiger partial charge in [-0.2, -0.15) is 0 Å². The third-order valence-electron chi connectivity index (χ3n) is 2.67. The molecule has 1 heterocycles. The van der Waals surface area contributed by atoms with Crippen molar-refractivity contribution >= 4 is 5.78 Å². The highest BCUT2D eigenvalue weighted by Gasteiger charge is 2.13. The Kier molecular flexibility index (Phi) is 4.71. The molecule has 0 amide bonds. The number of H-pyrrole nitrogens is 1. The van der Waals surface area contributed by atoms with Gasteiger partial charge in [0.15, 0.2) is 5.78 Å². The van der Waals surface area contributed by atoms with Crippen LogP contribution in [0.5, 0.6) is 11.5 Å². The lowest BCUT2D eigenvalue weighted by molar-refractivity contribution is 0.103. The number of nitrogens with zero attached hydrogens (tertiary/aromatic N) is 1. The van der Waals surface area contributed by atoms with Gasteiger partial charge >= 0.3 is 0 Å². The van der Waals surface area contributed by atoms with Gasteiger partial charge in [-0.3, -0.25) is 4.79 Å². The van der Waals surface area contributed by atoms with E-state index in [1.54, 1.807) is 43.0 Å². The number of phenols is 2. The summed E-state index contributed by atoms with van der Waals surface area (Å²) in [6, 6.07) is 12.6. The second kappa shape index (κ2) is 6.91. The van der Waals surface area contributed by atoms with Gasteiger partial charge in [-0.05, 0) is 12.1 Å². The van der Waals surface area contributed by atoms with Crippen LogP contribution in [0.4, 0.5) is 0 Å². The second-order valence-electron chi connectivity index (χ2n) is 4.16. The maximum absolute atomic E-state index is 11.9. The van der Waals surface area contributed by atoms with Crippen LogP contribution >= 0.6 is 0 Å². The first-order chi connectivity index (χ1) is 10.2. The number of imidazole rings is 1. The number of aromatic nitrogens is 2. The number of carbonyl (C=O) groups excluding carboxylic acids is 1. The predicted octanol–water partition coefficient (Wildman–Crippen LogP) is 2.74. The monoisotopic (exact) mass is 282 g/mol. The Hall–Kier alpha value is -3.08. The Balaban J connectivity index is 0.000000272. The lowest BCUT2D eigenvalue weighted by Gasteiger charge is -2.04. The molecule has 0 radical (unpaired) electrons. The SMILES string of the molecule is O=C(c1ccccc1)c1ccc(O)cc1O.c1c[nH]cn1. The van der Waals surface area contributed by atoms with Gasteiger partial charge < -0.3 is 15.2 Å². The quantitative estimate of drug-likeness (QED) is 0.631. The van der Waals surface area contributed by atoms with Crippen molar-refractivity contribution in [1.82, 2.24) is 9.97 Å². The third kappa shape index (κ3) is 3.94. The molecule has 5 heteroatoms. The maximum atomic E-state index is 11.9. The minimum Gasteiger partial charge on any atom is -0.508 e. The fourth-order valence-corrected chi connectivity index (χ4v) is 1.67. The molecule has 3 N–H and O–H groups in total. The van der Waals surface area contributed by atoms with E-state index < -0.39 is 0 Å². The van der Waals surface area contributed by atoms with Crippen molar-refractivity contribution in [2.75, 3.05) is 0 Å². The van der Waals surface area contributed by atoms with Crippen LogP contribution < -0.4 is 0 Å². The molecular formula is C16H14N2O3. The van der Waals surface area contributed by atoms with Crippen LogP contribution in [0.1, 0.15) is 15.9 Å². The molecule has 0 spiro atoms. The second-order valence-corrected chi connectivity index (χ2v) is 4.16. The molecule has 2 aromatic carbocycles. The molecule has 0 saturated carbocycles. The van der Waals surface area contributed by atoms with E-state index in [1.165, 1.54) is 12.1 Å². The summed E-state index contributed by atoms with van der Waals surface area (Å²) in [5.74, 6) is -0.547. The van der Waals surface area contributed by atoms with Gasteiger partial charge in [0.05, 0.1) is 11.9 Å². The van der Waals surface area contributed by atoms with Gasteiger partial charge in [0.2, 0.25) is 0 Å². The number of aromatic hydroxyl groups is 2.